The van der Waals surface area contributed by atoms with Crippen LogP contribution in [-0.4, -0.2) is 32.7 Å². The number of rotatable bonds is 4. The molecule has 1 aromatic carbocycles. The molecule has 30 heavy (non-hydrogen) atoms. The number of aliphatic hydroxyl groups is 1. The maximum atomic E-state index is 13.5. The van der Waals surface area contributed by atoms with E-state index in [4.69, 9.17) is 4.42 Å². The minimum Gasteiger partial charge on any atom is -0.503 e. The van der Waals surface area contributed by atoms with Crippen molar-refractivity contribution in [2.45, 2.75) is 44.2 Å². The van der Waals surface area contributed by atoms with Gasteiger partial charge in [-0.2, -0.15) is 0 Å². The highest BCUT2D eigenvalue weighted by Crippen LogP contribution is 2.42. The quantitative estimate of drug-likeness (QED) is 0.638. The molecule has 1 aliphatic heterocycles. The van der Waals surface area contributed by atoms with Gasteiger partial charge < -0.3 is 14.4 Å². The smallest absolute Gasteiger partial charge is 0.290 e. The summed E-state index contributed by atoms with van der Waals surface area (Å²) < 4.78 is 5.75. The molecular weight excluding hydrogens is 380 g/mol. The highest BCUT2D eigenvalue weighted by atomic mass is 16.3. The van der Waals surface area contributed by atoms with Crippen LogP contribution < -0.4 is 0 Å². The zero-order valence-electron chi connectivity index (χ0n) is 16.5. The van der Waals surface area contributed by atoms with Crippen molar-refractivity contribution in [2.75, 3.05) is 0 Å². The second-order valence-corrected chi connectivity index (χ2v) is 7.90. The molecule has 1 unspecified atom stereocenters. The lowest BCUT2D eigenvalue weighted by Gasteiger charge is -2.36. The van der Waals surface area contributed by atoms with Crippen molar-refractivity contribution >= 4 is 22.7 Å². The SMILES string of the molecule is O=C(C1=C(O)C(=O)N(C2CCCCC2)C1c1ccccn1)c1cc2ccccc2o1. The van der Waals surface area contributed by atoms with Gasteiger partial charge >= 0.3 is 0 Å². The Hall–Kier alpha value is -3.41. The van der Waals surface area contributed by atoms with Gasteiger partial charge in [-0.05, 0) is 37.1 Å². The summed E-state index contributed by atoms with van der Waals surface area (Å²) in [4.78, 5) is 32.7. The van der Waals surface area contributed by atoms with Gasteiger partial charge in [0.15, 0.2) is 11.5 Å². The first kappa shape index (κ1) is 18.6. The van der Waals surface area contributed by atoms with Crippen LogP contribution in [0.3, 0.4) is 0 Å². The summed E-state index contributed by atoms with van der Waals surface area (Å²) in [5.74, 6) is -1.37. The summed E-state index contributed by atoms with van der Waals surface area (Å²) >= 11 is 0. The van der Waals surface area contributed by atoms with Crippen LogP contribution in [0.15, 0.2) is 70.5 Å². The predicted octanol–water partition coefficient (Wildman–Crippen LogP) is 4.74. The standard InChI is InChI=1S/C24H22N2O4/c27-22(19-14-15-8-4-5-12-18(15)30-19)20-21(17-11-6-7-13-25-17)26(24(29)23(20)28)16-9-2-1-3-10-16/h4-8,11-14,16,21,28H,1-3,9-10H2. The van der Waals surface area contributed by atoms with Crippen molar-refractivity contribution < 1.29 is 19.1 Å². The monoisotopic (exact) mass is 402 g/mol. The number of carbonyl (C=O) groups excluding carboxylic acids is 2. The number of ketones is 1. The number of hydrogen-bond donors (Lipinski definition) is 1. The minimum absolute atomic E-state index is 0.0265. The molecule has 1 amide bonds. The first-order valence-corrected chi connectivity index (χ1v) is 10.3. The van der Waals surface area contributed by atoms with E-state index >= 15 is 0 Å². The zero-order valence-corrected chi connectivity index (χ0v) is 16.5. The van der Waals surface area contributed by atoms with Crippen molar-refractivity contribution in [1.29, 1.82) is 0 Å². The average molecular weight is 402 g/mol. The van der Waals surface area contributed by atoms with Gasteiger partial charge in [-0.15, -0.1) is 0 Å². The first-order chi connectivity index (χ1) is 14.6. The Labute approximate surface area is 173 Å². The van der Waals surface area contributed by atoms with E-state index in [1.54, 1.807) is 35.4 Å². The van der Waals surface area contributed by atoms with Gasteiger partial charge in [-0.3, -0.25) is 14.6 Å². The topological polar surface area (TPSA) is 83.6 Å². The van der Waals surface area contributed by atoms with Crippen molar-refractivity contribution in [2.24, 2.45) is 0 Å². The number of furan rings is 1. The molecule has 5 rings (SSSR count). The Morgan fingerprint density at radius 1 is 1.07 bits per heavy atom. The highest BCUT2D eigenvalue weighted by molar-refractivity contribution is 6.16. The highest BCUT2D eigenvalue weighted by Gasteiger charge is 2.47. The van der Waals surface area contributed by atoms with E-state index in [0.717, 1.165) is 37.5 Å². The van der Waals surface area contributed by atoms with Crippen LogP contribution in [0.1, 0.15) is 54.4 Å². The second-order valence-electron chi connectivity index (χ2n) is 7.90. The second kappa shape index (κ2) is 7.44. The largest absolute Gasteiger partial charge is 0.503 e. The number of carbonyl (C=O) groups is 2. The van der Waals surface area contributed by atoms with E-state index in [0.29, 0.717) is 11.3 Å². The van der Waals surface area contributed by atoms with Gasteiger partial charge in [0, 0.05) is 17.6 Å². The van der Waals surface area contributed by atoms with Crippen molar-refractivity contribution in [3.05, 3.63) is 77.5 Å². The van der Waals surface area contributed by atoms with Gasteiger partial charge in [0.05, 0.1) is 11.3 Å². The summed E-state index contributed by atoms with van der Waals surface area (Å²) in [7, 11) is 0. The molecule has 1 aliphatic carbocycles. The normalized spacial score (nSPS) is 20.3. The number of pyridine rings is 1. The first-order valence-electron chi connectivity index (χ1n) is 10.3. The Bertz CT molecular complexity index is 1110. The molecule has 2 aromatic heterocycles. The number of fused-ring (bicyclic) bond motifs is 1. The lowest BCUT2D eigenvalue weighted by Crippen LogP contribution is -2.41. The van der Waals surface area contributed by atoms with Crippen LogP contribution in [-0.2, 0) is 4.79 Å². The van der Waals surface area contributed by atoms with Crippen molar-refractivity contribution in [3.8, 4) is 0 Å². The molecule has 1 fully saturated rings. The number of Topliss-reactive ketones (excluding diaryl/α,β-unsaturated/α-hetero) is 1. The summed E-state index contributed by atoms with van der Waals surface area (Å²) in [6.45, 7) is 0. The molecule has 1 saturated carbocycles. The number of para-hydroxylation sites is 1. The van der Waals surface area contributed by atoms with Gasteiger partial charge in [0.25, 0.3) is 5.91 Å². The van der Waals surface area contributed by atoms with Crippen LogP contribution in [0.25, 0.3) is 11.0 Å². The summed E-state index contributed by atoms with van der Waals surface area (Å²) in [5.41, 5.74) is 1.20. The average Bonchev–Trinajstić information content (AvgIpc) is 3.34. The van der Waals surface area contributed by atoms with Crippen LogP contribution in [0, 0.1) is 0 Å². The summed E-state index contributed by atoms with van der Waals surface area (Å²) in [6, 6.07) is 13.6. The molecule has 0 bridgehead atoms. The van der Waals surface area contributed by atoms with E-state index < -0.39 is 23.5 Å². The molecule has 0 spiro atoms. The van der Waals surface area contributed by atoms with Crippen LogP contribution in [0.4, 0.5) is 0 Å². The van der Waals surface area contributed by atoms with Crippen LogP contribution in [0.5, 0.6) is 0 Å². The molecule has 0 saturated heterocycles. The molecular formula is C24H22N2O4. The van der Waals surface area contributed by atoms with Gasteiger partial charge in [-0.1, -0.05) is 43.5 Å². The van der Waals surface area contributed by atoms with Gasteiger partial charge in [-0.25, -0.2) is 0 Å². The molecule has 6 nitrogen and oxygen atoms in total. The molecule has 1 N–H and O–H groups in total. The number of amides is 1. The summed E-state index contributed by atoms with van der Waals surface area (Å²) in [5, 5.41) is 11.6. The third kappa shape index (κ3) is 3.00. The Morgan fingerprint density at radius 2 is 1.83 bits per heavy atom. The molecule has 152 valence electrons. The van der Waals surface area contributed by atoms with E-state index in [9.17, 15) is 14.7 Å². The zero-order chi connectivity index (χ0) is 20.7. The lowest BCUT2D eigenvalue weighted by atomic mass is 9.91. The third-order valence-corrected chi connectivity index (χ3v) is 6.07. The molecule has 0 radical (unpaired) electrons. The Kier molecular flexibility index (Phi) is 4.62. The number of aromatic nitrogens is 1. The van der Waals surface area contributed by atoms with Crippen molar-refractivity contribution in [1.82, 2.24) is 9.88 Å². The molecule has 2 aliphatic rings. The lowest BCUT2D eigenvalue weighted by molar-refractivity contribution is -0.132. The van der Waals surface area contributed by atoms with Crippen LogP contribution >= 0.6 is 0 Å². The van der Waals surface area contributed by atoms with Gasteiger partial charge in [0.1, 0.15) is 11.6 Å². The minimum atomic E-state index is -0.720. The van der Waals surface area contributed by atoms with E-state index in [1.807, 2.05) is 24.3 Å². The number of hydrogen-bond acceptors (Lipinski definition) is 5. The predicted molar refractivity (Wildman–Crippen MR) is 111 cm³/mol. The van der Waals surface area contributed by atoms with Crippen LogP contribution in [0.2, 0.25) is 0 Å². The summed E-state index contributed by atoms with van der Waals surface area (Å²) in [6.07, 6.45) is 6.53. The molecule has 3 aromatic rings. The maximum Gasteiger partial charge on any atom is 0.290 e. The number of nitrogens with zero attached hydrogens (tertiary/aromatic N) is 2. The fourth-order valence-electron chi connectivity index (χ4n) is 4.65. The maximum absolute atomic E-state index is 13.5. The van der Waals surface area contributed by atoms with Crippen molar-refractivity contribution in [3.63, 3.8) is 0 Å². The fourth-order valence-corrected chi connectivity index (χ4v) is 4.65. The Morgan fingerprint density at radius 3 is 2.57 bits per heavy atom. The Balaban J connectivity index is 1.60. The number of aliphatic hydroxyl groups excluding tert-OH is 1. The fraction of sp³-hybridized carbons (Fsp3) is 0.292. The van der Waals surface area contributed by atoms with E-state index in [1.165, 1.54) is 0 Å². The third-order valence-electron chi connectivity index (χ3n) is 6.07. The molecule has 1 atom stereocenters. The number of benzene rings is 1. The molecule has 6 heteroatoms. The van der Waals surface area contributed by atoms with Gasteiger partial charge in [0.2, 0.25) is 5.78 Å². The molecule has 3 heterocycles. The van der Waals surface area contributed by atoms with E-state index in [2.05, 4.69) is 4.98 Å². The van der Waals surface area contributed by atoms with E-state index in [-0.39, 0.29) is 17.4 Å².